The van der Waals surface area contributed by atoms with Crippen molar-refractivity contribution in [1.82, 2.24) is 10.3 Å². The fourth-order valence-electron chi connectivity index (χ4n) is 3.28. The van der Waals surface area contributed by atoms with Gasteiger partial charge < -0.3 is 16.8 Å². The minimum atomic E-state index is -0.662. The van der Waals surface area contributed by atoms with Gasteiger partial charge in [-0.15, -0.1) is 12.4 Å². The Kier molecular flexibility index (Phi) is 7.57. The minimum Gasteiger partial charge on any atom is -0.384 e. The van der Waals surface area contributed by atoms with Crippen LogP contribution in [0.3, 0.4) is 0 Å². The number of anilines is 1. The molecule has 1 aromatic carbocycles. The van der Waals surface area contributed by atoms with Crippen LogP contribution in [-0.2, 0) is 4.79 Å². The number of nitrogens with one attached hydrogen (secondary N) is 1. The molecule has 0 spiro atoms. The zero-order chi connectivity index (χ0) is 20.4. The molecule has 1 aliphatic rings. The molecule has 6 nitrogen and oxygen atoms in total. The van der Waals surface area contributed by atoms with Gasteiger partial charge in [0, 0.05) is 35.8 Å². The van der Waals surface area contributed by atoms with E-state index in [1.54, 1.807) is 6.07 Å². The quantitative estimate of drug-likeness (QED) is 0.544. The summed E-state index contributed by atoms with van der Waals surface area (Å²) >= 11 is 6.16. The maximum Gasteiger partial charge on any atom is 0.218 e. The lowest BCUT2D eigenvalue weighted by Gasteiger charge is -2.24. The van der Waals surface area contributed by atoms with E-state index < -0.39 is 17.5 Å². The number of rotatable bonds is 8. The van der Waals surface area contributed by atoms with Crippen LogP contribution in [0.2, 0.25) is 5.02 Å². The largest absolute Gasteiger partial charge is 0.384 e. The average molecular weight is 441 g/mol. The van der Waals surface area contributed by atoms with E-state index >= 15 is 4.39 Å². The highest BCUT2D eigenvalue weighted by atomic mass is 35.5. The Morgan fingerprint density at radius 1 is 1.31 bits per heavy atom. The van der Waals surface area contributed by atoms with Crippen LogP contribution in [0, 0.1) is 11.7 Å². The molecular formula is C20H23Cl2FN4O2. The molecule has 0 saturated heterocycles. The molecule has 29 heavy (non-hydrogen) atoms. The van der Waals surface area contributed by atoms with E-state index in [1.165, 1.54) is 24.4 Å². The molecule has 0 unspecified atom stereocenters. The van der Waals surface area contributed by atoms with E-state index in [-0.39, 0.29) is 58.8 Å². The first-order valence-electron chi connectivity index (χ1n) is 9.06. The van der Waals surface area contributed by atoms with E-state index in [0.29, 0.717) is 5.56 Å². The van der Waals surface area contributed by atoms with Gasteiger partial charge in [0.15, 0.2) is 5.78 Å². The number of benzene rings is 1. The Labute approximate surface area is 179 Å². The summed E-state index contributed by atoms with van der Waals surface area (Å²) in [7, 11) is 0. The fraction of sp³-hybridized carbons (Fsp3) is 0.350. The fourth-order valence-corrected chi connectivity index (χ4v) is 3.51. The van der Waals surface area contributed by atoms with Gasteiger partial charge in [0.1, 0.15) is 11.6 Å². The molecule has 0 aliphatic heterocycles. The Hall–Kier alpha value is -2.22. The number of halogens is 3. The van der Waals surface area contributed by atoms with Crippen LogP contribution < -0.4 is 16.8 Å². The number of carbonyl (C=O) groups is 2. The number of nitrogens with zero attached hydrogens (tertiary/aromatic N) is 1. The van der Waals surface area contributed by atoms with Crippen molar-refractivity contribution in [2.75, 3.05) is 5.73 Å². The van der Waals surface area contributed by atoms with Crippen molar-refractivity contribution in [3.8, 4) is 0 Å². The number of pyridine rings is 1. The van der Waals surface area contributed by atoms with Gasteiger partial charge in [-0.2, -0.15) is 0 Å². The lowest BCUT2D eigenvalue weighted by molar-refractivity contribution is -0.118. The molecule has 5 N–H and O–H groups in total. The molecule has 1 fully saturated rings. The molecule has 3 rings (SSSR count). The van der Waals surface area contributed by atoms with Crippen molar-refractivity contribution in [3.05, 3.63) is 58.0 Å². The van der Waals surface area contributed by atoms with Gasteiger partial charge in [0.2, 0.25) is 5.91 Å². The number of nitrogen functional groups attached to an aromatic ring is 1. The Morgan fingerprint density at radius 3 is 2.55 bits per heavy atom. The van der Waals surface area contributed by atoms with Gasteiger partial charge in [0.25, 0.3) is 0 Å². The van der Waals surface area contributed by atoms with Crippen molar-refractivity contribution < 1.29 is 14.0 Å². The molecule has 0 bridgehead atoms. The standard InChI is InChI=1S/C20H22ClFN4O2.ClH/c1-10(8-16(24)27)26-19(11-2-3-11)13-5-6-14(21)17(18(13)22)20(28)12-4-7-15(23)25-9-12;/h4-7,9-11,19,26H,2-3,8H2,1H3,(H2,23,25)(H2,24,27);1H/t10-,19-;/m1./s1. The number of hydrogen-bond donors (Lipinski definition) is 3. The van der Waals surface area contributed by atoms with Crippen molar-refractivity contribution in [2.24, 2.45) is 11.7 Å². The third kappa shape index (κ3) is 5.44. The monoisotopic (exact) mass is 440 g/mol. The maximum atomic E-state index is 15.4. The lowest BCUT2D eigenvalue weighted by Crippen LogP contribution is -2.35. The minimum absolute atomic E-state index is 0. The predicted octanol–water partition coefficient (Wildman–Crippen LogP) is 3.41. The van der Waals surface area contributed by atoms with E-state index in [4.69, 9.17) is 23.1 Å². The molecular weight excluding hydrogens is 418 g/mol. The van der Waals surface area contributed by atoms with Crippen molar-refractivity contribution in [2.45, 2.75) is 38.3 Å². The molecule has 1 aliphatic carbocycles. The topological polar surface area (TPSA) is 111 Å². The Morgan fingerprint density at radius 2 is 2.00 bits per heavy atom. The summed E-state index contributed by atoms with van der Waals surface area (Å²) in [5.74, 6) is -1.16. The lowest BCUT2D eigenvalue weighted by atomic mass is 9.95. The summed E-state index contributed by atoms with van der Waals surface area (Å²) in [5.41, 5.74) is 11.2. The maximum absolute atomic E-state index is 15.4. The normalized spacial score (nSPS) is 15.3. The van der Waals surface area contributed by atoms with Crippen LogP contribution in [0.15, 0.2) is 30.5 Å². The highest BCUT2D eigenvalue weighted by Gasteiger charge is 2.36. The van der Waals surface area contributed by atoms with Crippen LogP contribution in [0.4, 0.5) is 10.2 Å². The molecule has 1 aromatic heterocycles. The van der Waals surface area contributed by atoms with Crippen LogP contribution in [0.25, 0.3) is 0 Å². The summed E-state index contributed by atoms with van der Waals surface area (Å²) in [5, 5.41) is 3.31. The number of primary amides is 1. The Balaban J connectivity index is 0.00000300. The first-order valence-corrected chi connectivity index (χ1v) is 9.44. The van der Waals surface area contributed by atoms with Crippen LogP contribution in [0.5, 0.6) is 0 Å². The third-order valence-corrected chi connectivity index (χ3v) is 5.11. The summed E-state index contributed by atoms with van der Waals surface area (Å²) in [6.45, 7) is 1.82. The Bertz CT molecular complexity index is 904. The van der Waals surface area contributed by atoms with E-state index in [0.717, 1.165) is 12.8 Å². The van der Waals surface area contributed by atoms with Crippen molar-refractivity contribution >= 4 is 41.5 Å². The van der Waals surface area contributed by atoms with E-state index in [9.17, 15) is 9.59 Å². The number of amides is 1. The van der Waals surface area contributed by atoms with Crippen molar-refractivity contribution in [1.29, 1.82) is 0 Å². The van der Waals surface area contributed by atoms with Gasteiger partial charge in [-0.05, 0) is 43.9 Å². The molecule has 0 radical (unpaired) electrons. The molecule has 9 heteroatoms. The molecule has 1 heterocycles. The first-order chi connectivity index (χ1) is 13.3. The first kappa shape index (κ1) is 23.1. The highest BCUT2D eigenvalue weighted by Crippen LogP contribution is 2.43. The van der Waals surface area contributed by atoms with Gasteiger partial charge in [0.05, 0.1) is 10.6 Å². The number of hydrogen-bond acceptors (Lipinski definition) is 5. The van der Waals surface area contributed by atoms with Crippen LogP contribution in [-0.4, -0.2) is 22.7 Å². The van der Waals surface area contributed by atoms with Crippen molar-refractivity contribution in [3.63, 3.8) is 0 Å². The second-order valence-corrected chi connectivity index (χ2v) is 7.59. The highest BCUT2D eigenvalue weighted by molar-refractivity contribution is 6.35. The summed E-state index contributed by atoms with van der Waals surface area (Å²) in [4.78, 5) is 27.9. The number of aromatic nitrogens is 1. The second-order valence-electron chi connectivity index (χ2n) is 7.18. The number of nitrogens with two attached hydrogens (primary N) is 2. The van der Waals surface area contributed by atoms with Gasteiger partial charge >= 0.3 is 0 Å². The predicted molar refractivity (Wildman–Crippen MR) is 113 cm³/mol. The molecule has 1 amide bonds. The third-order valence-electron chi connectivity index (χ3n) is 4.80. The average Bonchev–Trinajstić information content (AvgIpc) is 3.45. The van der Waals surface area contributed by atoms with Gasteiger partial charge in [-0.1, -0.05) is 17.7 Å². The summed E-state index contributed by atoms with van der Waals surface area (Å²) < 4.78 is 15.4. The number of ketones is 1. The SMILES string of the molecule is C[C@H](CC(N)=O)N[C@@H](c1ccc(Cl)c(C(=O)c2ccc(N)nc2)c1F)C1CC1.Cl. The molecule has 156 valence electrons. The zero-order valence-corrected chi connectivity index (χ0v) is 17.4. The summed E-state index contributed by atoms with van der Waals surface area (Å²) in [6, 6.07) is 5.51. The van der Waals surface area contributed by atoms with Crippen LogP contribution in [0.1, 0.15) is 53.7 Å². The van der Waals surface area contributed by atoms with Gasteiger partial charge in [-0.3, -0.25) is 9.59 Å². The molecule has 1 saturated carbocycles. The van der Waals surface area contributed by atoms with E-state index in [1.807, 2.05) is 6.92 Å². The summed E-state index contributed by atoms with van der Waals surface area (Å²) in [6.07, 6.45) is 3.31. The molecule has 2 aromatic rings. The zero-order valence-electron chi connectivity index (χ0n) is 15.8. The smallest absolute Gasteiger partial charge is 0.218 e. The number of carbonyl (C=O) groups excluding carboxylic acids is 2. The van der Waals surface area contributed by atoms with E-state index in [2.05, 4.69) is 10.3 Å². The second kappa shape index (κ2) is 9.52. The van der Waals surface area contributed by atoms with Crippen LogP contribution >= 0.6 is 24.0 Å². The molecule has 2 atom stereocenters. The van der Waals surface area contributed by atoms with Gasteiger partial charge in [-0.25, -0.2) is 9.37 Å².